The minimum absolute atomic E-state index is 0.383. The highest BCUT2D eigenvalue weighted by atomic mass is 79.9. The molecule has 0 saturated carbocycles. The summed E-state index contributed by atoms with van der Waals surface area (Å²) in [7, 11) is 1.38. The van der Waals surface area contributed by atoms with Crippen LogP contribution in [0, 0.1) is 0 Å². The quantitative estimate of drug-likeness (QED) is 0.612. The highest BCUT2D eigenvalue weighted by Crippen LogP contribution is 2.33. The van der Waals surface area contributed by atoms with Crippen LogP contribution >= 0.6 is 15.9 Å². The van der Waals surface area contributed by atoms with Crippen molar-refractivity contribution in [1.29, 1.82) is 0 Å². The highest BCUT2D eigenvalue weighted by Gasteiger charge is 2.31. The van der Waals surface area contributed by atoms with Gasteiger partial charge in [0.15, 0.2) is 5.60 Å². The van der Waals surface area contributed by atoms with Gasteiger partial charge in [-0.3, -0.25) is 0 Å². The molecule has 1 atom stereocenters. The van der Waals surface area contributed by atoms with Gasteiger partial charge in [-0.25, -0.2) is 4.79 Å². The minimum Gasteiger partial charge on any atom is -0.476 e. The smallest absolute Gasteiger partial charge is 0.349 e. The zero-order chi connectivity index (χ0) is 19.4. The van der Waals surface area contributed by atoms with Crippen molar-refractivity contribution in [2.24, 2.45) is 0 Å². The van der Waals surface area contributed by atoms with Crippen LogP contribution in [-0.2, 0) is 9.53 Å². The van der Waals surface area contributed by atoms with Gasteiger partial charge in [0.1, 0.15) is 5.75 Å². The van der Waals surface area contributed by atoms with Gasteiger partial charge < -0.3 is 14.4 Å². The molecular weight excluding hydrogens is 406 g/mol. The average molecular weight is 432 g/mol. The molecule has 1 heterocycles. The van der Waals surface area contributed by atoms with Crippen molar-refractivity contribution in [1.82, 2.24) is 0 Å². The second-order valence-electron chi connectivity index (χ2n) is 7.44. The van der Waals surface area contributed by atoms with Crippen LogP contribution in [0.15, 0.2) is 53.0 Å². The van der Waals surface area contributed by atoms with E-state index in [1.165, 1.54) is 18.4 Å². The number of esters is 1. The molecule has 1 aliphatic rings. The molecule has 0 spiro atoms. The lowest BCUT2D eigenvalue weighted by Crippen LogP contribution is -2.39. The first-order valence-electron chi connectivity index (χ1n) is 9.27. The fourth-order valence-electron chi connectivity index (χ4n) is 3.57. The molecule has 2 aromatic carbocycles. The van der Waals surface area contributed by atoms with Gasteiger partial charge in [0.2, 0.25) is 0 Å². The van der Waals surface area contributed by atoms with Crippen molar-refractivity contribution < 1.29 is 14.3 Å². The van der Waals surface area contributed by atoms with E-state index in [1.54, 1.807) is 13.8 Å². The molecule has 5 heteroatoms. The van der Waals surface area contributed by atoms with E-state index in [9.17, 15) is 4.79 Å². The van der Waals surface area contributed by atoms with Gasteiger partial charge >= 0.3 is 5.97 Å². The topological polar surface area (TPSA) is 38.8 Å². The van der Waals surface area contributed by atoms with Crippen molar-refractivity contribution in [2.45, 2.75) is 38.2 Å². The van der Waals surface area contributed by atoms with E-state index >= 15 is 0 Å². The number of halogens is 1. The highest BCUT2D eigenvalue weighted by molar-refractivity contribution is 9.10. The molecule has 0 N–H and O–H groups in total. The summed E-state index contributed by atoms with van der Waals surface area (Å²) in [4.78, 5) is 14.3. The van der Waals surface area contributed by atoms with Crippen LogP contribution in [0.5, 0.6) is 5.75 Å². The van der Waals surface area contributed by atoms with E-state index in [0.29, 0.717) is 11.7 Å². The van der Waals surface area contributed by atoms with Gasteiger partial charge in [-0.05, 0) is 62.6 Å². The Morgan fingerprint density at radius 1 is 1.19 bits per heavy atom. The largest absolute Gasteiger partial charge is 0.476 e. The zero-order valence-electron chi connectivity index (χ0n) is 16.1. The molecule has 1 saturated heterocycles. The number of methoxy groups -OCH3 is 1. The third kappa shape index (κ3) is 4.83. The fourth-order valence-corrected chi connectivity index (χ4v) is 3.96. The maximum Gasteiger partial charge on any atom is 0.349 e. The Hall–Kier alpha value is -2.01. The third-order valence-corrected chi connectivity index (χ3v) is 5.47. The summed E-state index contributed by atoms with van der Waals surface area (Å²) in [5.41, 5.74) is 1.48. The molecule has 4 nitrogen and oxygen atoms in total. The molecule has 0 aliphatic carbocycles. The number of rotatable bonds is 5. The molecule has 27 heavy (non-hydrogen) atoms. The average Bonchev–Trinajstić information content (AvgIpc) is 2.67. The first-order valence-corrected chi connectivity index (χ1v) is 10.1. The standard InChI is InChI=1S/C22H26BrNO3/c1-22(2,21(25)26-3)27-20-11-4-7-16(13-20)17-8-6-12-24(15-17)19-10-5-9-18(23)14-19/h4-5,7,9-11,13-14,17H,6,8,12,15H2,1-3H3. The van der Waals surface area contributed by atoms with E-state index < -0.39 is 5.60 Å². The Morgan fingerprint density at radius 3 is 2.70 bits per heavy atom. The molecule has 0 bridgehead atoms. The second-order valence-corrected chi connectivity index (χ2v) is 8.36. The zero-order valence-corrected chi connectivity index (χ0v) is 17.7. The van der Waals surface area contributed by atoms with E-state index in [0.717, 1.165) is 30.4 Å². The fraction of sp³-hybridized carbons (Fsp3) is 0.409. The monoisotopic (exact) mass is 431 g/mol. The number of hydrogen-bond acceptors (Lipinski definition) is 4. The number of carbonyl (C=O) groups excluding carboxylic acids is 1. The molecule has 1 unspecified atom stereocenters. The molecule has 0 aromatic heterocycles. The van der Waals surface area contributed by atoms with Gasteiger partial charge in [-0.2, -0.15) is 0 Å². The van der Waals surface area contributed by atoms with Gasteiger partial charge in [-0.1, -0.05) is 34.1 Å². The van der Waals surface area contributed by atoms with E-state index in [1.807, 2.05) is 12.1 Å². The van der Waals surface area contributed by atoms with Crippen LogP contribution in [0.1, 0.15) is 38.2 Å². The summed E-state index contributed by atoms with van der Waals surface area (Å²) in [5.74, 6) is 0.747. The van der Waals surface area contributed by atoms with Crippen LogP contribution in [0.4, 0.5) is 5.69 Å². The normalized spacial score (nSPS) is 17.5. The third-order valence-electron chi connectivity index (χ3n) is 4.97. The Bertz CT molecular complexity index is 806. The summed E-state index contributed by atoms with van der Waals surface area (Å²) in [6.45, 7) is 5.49. The number of nitrogens with zero attached hydrogens (tertiary/aromatic N) is 1. The van der Waals surface area contributed by atoms with Gasteiger partial charge in [-0.15, -0.1) is 0 Å². The summed E-state index contributed by atoms with van der Waals surface area (Å²) in [6, 6.07) is 16.5. The number of benzene rings is 2. The van der Waals surface area contributed by atoms with Crippen molar-refractivity contribution in [3.05, 3.63) is 58.6 Å². The van der Waals surface area contributed by atoms with Crippen molar-refractivity contribution in [2.75, 3.05) is 25.1 Å². The van der Waals surface area contributed by atoms with Crippen LogP contribution in [0.25, 0.3) is 0 Å². The number of carbonyl (C=O) groups is 1. The first-order chi connectivity index (χ1) is 12.9. The predicted molar refractivity (Wildman–Crippen MR) is 111 cm³/mol. The van der Waals surface area contributed by atoms with Crippen molar-refractivity contribution in [3.8, 4) is 5.75 Å². The predicted octanol–water partition coefficient (Wildman–Crippen LogP) is 5.16. The molecule has 144 valence electrons. The summed E-state index contributed by atoms with van der Waals surface area (Å²) < 4.78 is 11.9. The lowest BCUT2D eigenvalue weighted by Gasteiger charge is -2.35. The van der Waals surface area contributed by atoms with Gasteiger partial charge in [0.25, 0.3) is 0 Å². The molecular formula is C22H26BrNO3. The summed E-state index contributed by atoms with van der Waals surface area (Å²) in [6.07, 6.45) is 2.30. The van der Waals surface area contributed by atoms with E-state index in [-0.39, 0.29) is 5.97 Å². The second kappa shape index (κ2) is 8.34. The Morgan fingerprint density at radius 2 is 1.96 bits per heavy atom. The lowest BCUT2D eigenvalue weighted by molar-refractivity contribution is -0.156. The lowest BCUT2D eigenvalue weighted by atomic mass is 9.90. The molecule has 1 aliphatic heterocycles. The van der Waals surface area contributed by atoms with E-state index in [2.05, 4.69) is 57.2 Å². The van der Waals surface area contributed by atoms with Crippen molar-refractivity contribution >= 4 is 27.6 Å². The molecule has 1 fully saturated rings. The molecule has 0 amide bonds. The first kappa shape index (κ1) is 19.7. The van der Waals surface area contributed by atoms with Crippen molar-refractivity contribution in [3.63, 3.8) is 0 Å². The maximum absolute atomic E-state index is 11.9. The van der Waals surface area contributed by atoms with Gasteiger partial charge in [0.05, 0.1) is 7.11 Å². The molecule has 2 aromatic rings. The van der Waals surface area contributed by atoms with Crippen LogP contribution in [-0.4, -0.2) is 31.8 Å². The molecule has 0 radical (unpaired) electrons. The molecule has 3 rings (SSSR count). The maximum atomic E-state index is 11.9. The number of piperidine rings is 1. The Kier molecular flexibility index (Phi) is 6.10. The van der Waals surface area contributed by atoms with Gasteiger partial charge in [0, 0.05) is 29.2 Å². The summed E-state index contributed by atoms with van der Waals surface area (Å²) >= 11 is 3.56. The number of anilines is 1. The number of ether oxygens (including phenoxy) is 2. The van der Waals surface area contributed by atoms with Crippen LogP contribution in [0.2, 0.25) is 0 Å². The summed E-state index contributed by atoms with van der Waals surface area (Å²) in [5, 5.41) is 0. The minimum atomic E-state index is -1.01. The van der Waals surface area contributed by atoms with E-state index in [4.69, 9.17) is 9.47 Å². The Labute approximate surface area is 169 Å². The van der Waals surface area contributed by atoms with Crippen LogP contribution in [0.3, 0.4) is 0 Å². The Balaban J connectivity index is 1.75. The number of hydrogen-bond donors (Lipinski definition) is 0. The van der Waals surface area contributed by atoms with Crippen LogP contribution < -0.4 is 9.64 Å². The SMILES string of the molecule is COC(=O)C(C)(C)Oc1cccc(C2CCCN(c3cccc(Br)c3)C2)c1.